The zero-order valence-corrected chi connectivity index (χ0v) is 28.3. The van der Waals surface area contributed by atoms with E-state index in [-0.39, 0.29) is 13.2 Å². The number of thiocarbonyl (C=S) groups is 2. The van der Waals surface area contributed by atoms with E-state index in [9.17, 15) is 10.2 Å². The van der Waals surface area contributed by atoms with Gasteiger partial charge in [-0.3, -0.25) is 0 Å². The minimum absolute atomic E-state index is 0.0855. The first-order valence-corrected chi connectivity index (χ1v) is 18.1. The Bertz CT molecular complexity index is 632. The van der Waals surface area contributed by atoms with Crippen LogP contribution in [0.2, 0.25) is 0 Å². The summed E-state index contributed by atoms with van der Waals surface area (Å²) in [5.74, 6) is 0. The van der Waals surface area contributed by atoms with Gasteiger partial charge in [0.25, 0.3) is 0 Å². The van der Waals surface area contributed by atoms with Gasteiger partial charge in [-0.15, -0.1) is 0 Å². The third-order valence-electron chi connectivity index (χ3n) is 8.23. The fourth-order valence-corrected chi connectivity index (χ4v) is 6.09. The maximum Gasteiger partial charge on any atom is 0.167 e. The lowest BCUT2D eigenvalue weighted by atomic mass is 9.99. The van der Waals surface area contributed by atoms with Crippen LogP contribution in [0.15, 0.2) is 0 Å². The molecule has 0 bridgehead atoms. The van der Waals surface area contributed by atoms with Crippen molar-refractivity contribution in [1.29, 1.82) is 0 Å². The highest BCUT2D eigenvalue weighted by Gasteiger charge is 2.43. The van der Waals surface area contributed by atoms with E-state index >= 15 is 0 Å². The van der Waals surface area contributed by atoms with Crippen LogP contribution >= 0.6 is 24.4 Å². The van der Waals surface area contributed by atoms with Crippen LogP contribution in [0.5, 0.6) is 0 Å². The highest BCUT2D eigenvalue weighted by Crippen LogP contribution is 2.24. The van der Waals surface area contributed by atoms with E-state index in [1.165, 1.54) is 116 Å². The van der Waals surface area contributed by atoms with Crippen molar-refractivity contribution in [2.45, 2.75) is 192 Å². The number of ether oxygens (including phenoxy) is 3. The van der Waals surface area contributed by atoms with Crippen LogP contribution in [-0.2, 0) is 14.2 Å². The van der Waals surface area contributed by atoms with Crippen LogP contribution in [-0.4, -0.2) is 57.9 Å². The Hall–Kier alpha value is -0.340. The molecule has 2 N–H and O–H groups in total. The molecule has 1 heterocycles. The molecule has 5 nitrogen and oxygen atoms in total. The molecule has 1 fully saturated rings. The van der Waals surface area contributed by atoms with Gasteiger partial charge in [0.2, 0.25) is 0 Å². The Labute approximate surface area is 263 Å². The van der Waals surface area contributed by atoms with Crippen molar-refractivity contribution in [1.82, 2.24) is 0 Å². The summed E-state index contributed by atoms with van der Waals surface area (Å²) in [5, 5.41) is 21.5. The van der Waals surface area contributed by atoms with Gasteiger partial charge in [0, 0.05) is 12.8 Å². The quantitative estimate of drug-likeness (QED) is 0.0703. The van der Waals surface area contributed by atoms with Crippen molar-refractivity contribution in [3.8, 4) is 0 Å². The lowest BCUT2D eigenvalue weighted by molar-refractivity contribution is -0.185. The summed E-state index contributed by atoms with van der Waals surface area (Å²) in [4.78, 5) is 0. The van der Waals surface area contributed by atoms with Crippen molar-refractivity contribution in [2.24, 2.45) is 0 Å². The minimum atomic E-state index is -0.872. The Morgan fingerprint density at radius 3 is 1.29 bits per heavy atom. The third-order valence-corrected chi connectivity index (χ3v) is 8.84. The number of unbranched alkanes of at least 4 members (excludes halogenated alkanes) is 20. The molecule has 0 saturated carbocycles. The second-order valence-electron chi connectivity index (χ2n) is 12.1. The fraction of sp³-hybridized carbons (Fsp3) is 0.941. The van der Waals surface area contributed by atoms with E-state index in [4.69, 9.17) is 38.6 Å². The summed E-state index contributed by atoms with van der Waals surface area (Å²) in [6.07, 6.45) is 26.8. The van der Waals surface area contributed by atoms with Crippen LogP contribution in [0.3, 0.4) is 0 Å². The lowest BCUT2D eigenvalue weighted by Gasteiger charge is -2.40. The normalized spacial score (nSPS) is 20.7. The zero-order chi connectivity index (χ0) is 30.0. The Balaban J connectivity index is 2.26. The topological polar surface area (TPSA) is 68.2 Å². The minimum Gasteiger partial charge on any atom is -0.477 e. The summed E-state index contributed by atoms with van der Waals surface area (Å²) < 4.78 is 17.8. The van der Waals surface area contributed by atoms with Gasteiger partial charge in [0.05, 0.1) is 13.2 Å². The van der Waals surface area contributed by atoms with Gasteiger partial charge >= 0.3 is 0 Å². The van der Waals surface area contributed by atoms with E-state index in [1.54, 1.807) is 0 Å². The Kier molecular flexibility index (Phi) is 25.7. The van der Waals surface area contributed by atoms with Crippen molar-refractivity contribution >= 4 is 34.5 Å². The van der Waals surface area contributed by atoms with E-state index in [0.717, 1.165) is 25.7 Å². The van der Waals surface area contributed by atoms with Crippen molar-refractivity contribution in [3.05, 3.63) is 0 Å². The van der Waals surface area contributed by atoms with E-state index < -0.39 is 24.4 Å². The van der Waals surface area contributed by atoms with E-state index in [1.807, 2.05) is 0 Å². The molecule has 0 unspecified atom stereocenters. The van der Waals surface area contributed by atoms with Gasteiger partial charge in [0.1, 0.15) is 12.2 Å². The first-order chi connectivity index (χ1) is 20.0. The smallest absolute Gasteiger partial charge is 0.167 e. The van der Waals surface area contributed by atoms with Gasteiger partial charge in [-0.05, 0) is 37.3 Å². The number of aliphatic hydroxyl groups is 2. The maximum absolute atomic E-state index is 10.6. The van der Waals surface area contributed by atoms with Crippen molar-refractivity contribution < 1.29 is 24.4 Å². The molecule has 0 aromatic heterocycles. The molecular weight excluding hydrogens is 553 g/mol. The standard InChI is InChI=1S/C34H64O5S2/c1-3-5-7-9-11-13-15-17-19-21-23-25-31(40)38-33-29(36)28-37-30(27-35)34(33)39-32(41)26-24-22-20-18-16-14-12-10-8-6-4-2/h29-30,33-36H,3-28H2,1-2H3/t29-,30+,33+,34+/m0/s1. The molecule has 1 aliphatic rings. The van der Waals surface area contributed by atoms with Gasteiger partial charge in [-0.1, -0.05) is 142 Å². The molecule has 0 aliphatic carbocycles. The first-order valence-electron chi connectivity index (χ1n) is 17.3. The molecule has 1 saturated heterocycles. The predicted octanol–water partition coefficient (Wildman–Crippen LogP) is 9.57. The molecule has 41 heavy (non-hydrogen) atoms. The average molecular weight is 617 g/mol. The maximum atomic E-state index is 10.6. The van der Waals surface area contributed by atoms with E-state index in [0.29, 0.717) is 22.9 Å². The van der Waals surface area contributed by atoms with Gasteiger partial charge < -0.3 is 24.4 Å². The number of hydrogen-bond donors (Lipinski definition) is 2. The van der Waals surface area contributed by atoms with Crippen LogP contribution in [0.1, 0.15) is 168 Å². The highest BCUT2D eigenvalue weighted by molar-refractivity contribution is 7.80. The largest absolute Gasteiger partial charge is 0.477 e. The summed E-state index contributed by atoms with van der Waals surface area (Å²) in [7, 11) is 0. The molecule has 1 rings (SSSR count). The Morgan fingerprint density at radius 2 is 0.927 bits per heavy atom. The van der Waals surface area contributed by atoms with Crippen molar-refractivity contribution in [3.63, 3.8) is 0 Å². The number of rotatable bonds is 27. The molecular formula is C34H64O5S2. The molecule has 0 amide bonds. The van der Waals surface area contributed by atoms with E-state index in [2.05, 4.69) is 13.8 Å². The van der Waals surface area contributed by atoms with Crippen LogP contribution in [0, 0.1) is 0 Å². The molecule has 7 heteroatoms. The van der Waals surface area contributed by atoms with Gasteiger partial charge in [-0.2, -0.15) is 0 Å². The predicted molar refractivity (Wildman–Crippen MR) is 180 cm³/mol. The zero-order valence-electron chi connectivity index (χ0n) is 26.6. The first kappa shape index (κ1) is 38.7. The second-order valence-corrected chi connectivity index (χ2v) is 13.0. The van der Waals surface area contributed by atoms with Crippen LogP contribution in [0.25, 0.3) is 0 Å². The van der Waals surface area contributed by atoms with Crippen LogP contribution in [0.4, 0.5) is 0 Å². The molecule has 1 aliphatic heterocycles. The summed E-state index contributed by atoms with van der Waals surface area (Å²) in [5.41, 5.74) is 0. The average Bonchev–Trinajstić information content (AvgIpc) is 2.96. The summed E-state index contributed by atoms with van der Waals surface area (Å²) >= 11 is 11.1. The highest BCUT2D eigenvalue weighted by atomic mass is 32.1. The number of aliphatic hydroxyl groups excluding tert-OH is 2. The molecule has 0 aromatic carbocycles. The number of hydrogen-bond acceptors (Lipinski definition) is 7. The molecule has 0 spiro atoms. The monoisotopic (exact) mass is 616 g/mol. The molecule has 0 aromatic rings. The summed E-state index contributed by atoms with van der Waals surface area (Å²) in [6, 6.07) is 0. The van der Waals surface area contributed by atoms with Gasteiger partial charge in [-0.25, -0.2) is 0 Å². The summed E-state index contributed by atoms with van der Waals surface area (Å²) in [6.45, 7) is 4.39. The lowest BCUT2D eigenvalue weighted by Crippen LogP contribution is -2.57. The van der Waals surface area contributed by atoms with Gasteiger partial charge in [0.15, 0.2) is 22.3 Å². The fourth-order valence-electron chi connectivity index (χ4n) is 5.58. The Morgan fingerprint density at radius 1 is 0.585 bits per heavy atom. The van der Waals surface area contributed by atoms with Crippen LogP contribution < -0.4 is 0 Å². The molecule has 0 radical (unpaired) electrons. The van der Waals surface area contributed by atoms with Crippen molar-refractivity contribution in [2.75, 3.05) is 13.2 Å². The third kappa shape index (κ3) is 20.3. The SMILES string of the molecule is CCCCCCCCCCCCCC(=S)O[C@H]1[C@H](OC(=S)CCCCCCCCCCCCC)[C@@H](CO)OC[C@@H]1O. The molecule has 242 valence electrons. The molecule has 4 atom stereocenters. The second kappa shape index (κ2) is 27.2.